The second kappa shape index (κ2) is 5.53. The summed E-state index contributed by atoms with van der Waals surface area (Å²) in [7, 11) is 0. The van der Waals surface area contributed by atoms with Crippen LogP contribution in [0.5, 0.6) is 0 Å². The number of nitrogens with zero attached hydrogens (tertiary/aromatic N) is 1. The molecule has 1 amide bonds. The van der Waals surface area contributed by atoms with Gasteiger partial charge in [0.25, 0.3) is 0 Å². The molecule has 0 spiro atoms. The first kappa shape index (κ1) is 11.9. The van der Waals surface area contributed by atoms with E-state index in [4.69, 9.17) is 10.8 Å². The molecule has 0 rings (SSSR count). The fraction of sp³-hybridized carbons (Fsp3) is 0.750. The van der Waals surface area contributed by atoms with Crippen LogP contribution in [0.25, 0.3) is 0 Å². The Balaban J connectivity index is 4.33. The molecule has 0 fully saturated rings. The molecule has 0 heterocycles. The van der Waals surface area contributed by atoms with Crippen LogP contribution < -0.4 is 5.73 Å². The van der Waals surface area contributed by atoms with Gasteiger partial charge in [-0.15, -0.1) is 0 Å². The Bertz CT molecular complexity index is 194. The zero-order chi connectivity index (χ0) is 10.4. The zero-order valence-corrected chi connectivity index (χ0v) is 7.99. The van der Waals surface area contributed by atoms with Gasteiger partial charge in [-0.1, -0.05) is 13.8 Å². The molecule has 0 aliphatic carbocycles. The van der Waals surface area contributed by atoms with E-state index in [1.807, 2.05) is 0 Å². The molecule has 0 aromatic heterocycles. The third kappa shape index (κ3) is 3.89. The molecular formula is C8H16N2O3. The average molecular weight is 188 g/mol. The second-order valence-corrected chi connectivity index (χ2v) is 2.79. The van der Waals surface area contributed by atoms with Gasteiger partial charge >= 0.3 is 5.97 Å². The summed E-state index contributed by atoms with van der Waals surface area (Å²) in [6, 6.07) is -0.613. The zero-order valence-electron chi connectivity index (χ0n) is 7.99. The van der Waals surface area contributed by atoms with Crippen molar-refractivity contribution in [2.24, 2.45) is 5.73 Å². The van der Waals surface area contributed by atoms with E-state index in [1.54, 1.807) is 18.7 Å². The van der Waals surface area contributed by atoms with E-state index in [2.05, 4.69) is 0 Å². The summed E-state index contributed by atoms with van der Waals surface area (Å²) in [5, 5.41) is 8.79. The second-order valence-electron chi connectivity index (χ2n) is 2.79. The molecule has 0 aromatic rings. The van der Waals surface area contributed by atoms with Crippen LogP contribution in [0.3, 0.4) is 0 Å². The highest BCUT2D eigenvalue weighted by atomic mass is 16.4. The lowest BCUT2D eigenvalue weighted by molar-refractivity contribution is -0.143. The van der Waals surface area contributed by atoms with E-state index in [9.17, 15) is 9.59 Å². The minimum Gasteiger partial charge on any atom is -0.480 e. The maximum absolute atomic E-state index is 10.7. The molecule has 0 aliphatic heterocycles. The minimum absolute atomic E-state index is 0.00130. The number of carboxylic acid groups (broad SMARTS) is 1. The van der Waals surface area contributed by atoms with Crippen LogP contribution in [-0.4, -0.2) is 41.0 Å². The van der Waals surface area contributed by atoms with Gasteiger partial charge in [0, 0.05) is 0 Å². The van der Waals surface area contributed by atoms with Gasteiger partial charge in [0.2, 0.25) is 5.91 Å². The minimum atomic E-state index is -0.911. The first-order valence-electron chi connectivity index (χ1n) is 4.28. The first-order chi connectivity index (χ1) is 6.02. The van der Waals surface area contributed by atoms with Crippen LogP contribution in [0.4, 0.5) is 0 Å². The van der Waals surface area contributed by atoms with Crippen molar-refractivity contribution in [1.29, 1.82) is 0 Å². The highest BCUT2D eigenvalue weighted by molar-refractivity contribution is 5.78. The van der Waals surface area contributed by atoms with Gasteiger partial charge < -0.3 is 10.8 Å². The third-order valence-electron chi connectivity index (χ3n) is 1.88. The van der Waals surface area contributed by atoms with E-state index >= 15 is 0 Å². The number of primary amides is 1. The Kier molecular flexibility index (Phi) is 5.06. The summed E-state index contributed by atoms with van der Waals surface area (Å²) in [6.45, 7) is 4.08. The average Bonchev–Trinajstić information content (AvgIpc) is 2.02. The molecule has 1 atom stereocenters. The molecule has 0 aromatic carbocycles. The molecular weight excluding hydrogens is 172 g/mol. The van der Waals surface area contributed by atoms with Crippen LogP contribution in [0, 0.1) is 0 Å². The Hall–Kier alpha value is -1.10. The monoisotopic (exact) mass is 188 g/mol. The molecule has 0 bridgehead atoms. The number of rotatable bonds is 6. The van der Waals surface area contributed by atoms with Crippen LogP contribution in [0.1, 0.15) is 20.3 Å². The Morgan fingerprint density at radius 1 is 1.46 bits per heavy atom. The molecule has 1 unspecified atom stereocenters. The fourth-order valence-electron chi connectivity index (χ4n) is 1.23. The molecule has 0 saturated heterocycles. The summed E-state index contributed by atoms with van der Waals surface area (Å²) < 4.78 is 0. The molecule has 5 heteroatoms. The van der Waals surface area contributed by atoms with Crippen LogP contribution in [0.2, 0.25) is 0 Å². The van der Waals surface area contributed by atoms with E-state index in [0.717, 1.165) is 0 Å². The molecule has 5 nitrogen and oxygen atoms in total. The smallest absolute Gasteiger partial charge is 0.320 e. The summed E-state index contributed by atoms with van der Waals surface area (Å²) in [6.07, 6.45) is 0.469. The quantitative estimate of drug-likeness (QED) is 0.597. The maximum atomic E-state index is 10.7. The first-order valence-corrected chi connectivity index (χ1v) is 4.28. The molecule has 0 saturated carbocycles. The number of likely N-dealkylation sites (N-methyl/N-ethyl adjacent to an activating group) is 1. The number of nitrogens with two attached hydrogens (primary N) is 1. The van der Waals surface area contributed by atoms with Crippen LogP contribution in [0.15, 0.2) is 0 Å². The highest BCUT2D eigenvalue weighted by Crippen LogP contribution is 2.03. The van der Waals surface area contributed by atoms with Crippen molar-refractivity contribution in [3.8, 4) is 0 Å². The Labute approximate surface area is 77.5 Å². The van der Waals surface area contributed by atoms with Crippen molar-refractivity contribution in [2.75, 3.05) is 13.1 Å². The topological polar surface area (TPSA) is 83.6 Å². The fourth-order valence-corrected chi connectivity index (χ4v) is 1.23. The lowest BCUT2D eigenvalue weighted by Crippen LogP contribution is -2.45. The predicted octanol–water partition coefficient (Wildman–Crippen LogP) is -0.343. The van der Waals surface area contributed by atoms with Gasteiger partial charge in [-0.05, 0) is 13.0 Å². The van der Waals surface area contributed by atoms with Gasteiger partial charge in [-0.3, -0.25) is 14.5 Å². The Morgan fingerprint density at radius 3 is 2.23 bits per heavy atom. The standard InChI is InChI=1S/C8H16N2O3/c1-3-6(8(12)13)10(4-2)5-7(9)11/h6H,3-5H2,1-2H3,(H2,9,11)(H,12,13). The number of aliphatic carboxylic acids is 1. The van der Waals surface area contributed by atoms with Gasteiger partial charge in [0.1, 0.15) is 6.04 Å². The molecule has 76 valence electrons. The number of carboxylic acids is 1. The van der Waals surface area contributed by atoms with Crippen molar-refractivity contribution in [2.45, 2.75) is 26.3 Å². The number of amides is 1. The SMILES string of the molecule is CCC(C(=O)O)N(CC)CC(N)=O. The largest absolute Gasteiger partial charge is 0.480 e. The van der Waals surface area contributed by atoms with Crippen molar-refractivity contribution in [1.82, 2.24) is 4.90 Å². The summed E-state index contributed by atoms with van der Waals surface area (Å²) in [5.41, 5.74) is 4.99. The van der Waals surface area contributed by atoms with Gasteiger partial charge in [-0.25, -0.2) is 0 Å². The predicted molar refractivity (Wildman–Crippen MR) is 48.2 cm³/mol. The van der Waals surface area contributed by atoms with Gasteiger partial charge in [-0.2, -0.15) is 0 Å². The number of carbonyl (C=O) groups excluding carboxylic acids is 1. The van der Waals surface area contributed by atoms with Crippen molar-refractivity contribution in [3.05, 3.63) is 0 Å². The molecule has 0 radical (unpaired) electrons. The number of carbonyl (C=O) groups is 2. The molecule has 13 heavy (non-hydrogen) atoms. The summed E-state index contributed by atoms with van der Waals surface area (Å²) in [4.78, 5) is 22.9. The van der Waals surface area contributed by atoms with E-state index in [0.29, 0.717) is 13.0 Å². The lowest BCUT2D eigenvalue weighted by Gasteiger charge is -2.24. The van der Waals surface area contributed by atoms with E-state index in [-0.39, 0.29) is 6.54 Å². The van der Waals surface area contributed by atoms with Gasteiger partial charge in [0.05, 0.1) is 6.54 Å². The van der Waals surface area contributed by atoms with Crippen molar-refractivity contribution in [3.63, 3.8) is 0 Å². The molecule has 3 N–H and O–H groups in total. The molecule has 0 aliphatic rings. The lowest BCUT2D eigenvalue weighted by atomic mass is 10.2. The van der Waals surface area contributed by atoms with Crippen molar-refractivity contribution < 1.29 is 14.7 Å². The summed E-state index contributed by atoms with van der Waals surface area (Å²) in [5.74, 6) is -1.41. The maximum Gasteiger partial charge on any atom is 0.320 e. The normalized spacial score (nSPS) is 12.8. The van der Waals surface area contributed by atoms with Crippen molar-refractivity contribution >= 4 is 11.9 Å². The third-order valence-corrected chi connectivity index (χ3v) is 1.88. The number of hydrogen-bond acceptors (Lipinski definition) is 3. The summed E-state index contributed by atoms with van der Waals surface area (Å²) >= 11 is 0. The number of hydrogen-bond donors (Lipinski definition) is 2. The van der Waals surface area contributed by atoms with E-state index in [1.165, 1.54) is 0 Å². The highest BCUT2D eigenvalue weighted by Gasteiger charge is 2.23. The van der Waals surface area contributed by atoms with Crippen LogP contribution in [-0.2, 0) is 9.59 Å². The Morgan fingerprint density at radius 2 is 2.00 bits per heavy atom. The van der Waals surface area contributed by atoms with Gasteiger partial charge in [0.15, 0.2) is 0 Å². The van der Waals surface area contributed by atoms with Crippen LogP contribution >= 0.6 is 0 Å². The van der Waals surface area contributed by atoms with E-state index < -0.39 is 17.9 Å².